The van der Waals surface area contributed by atoms with Crippen LogP contribution < -0.4 is 4.31 Å². The molecule has 23 heavy (non-hydrogen) atoms. The number of benzene rings is 2. The number of aryl methyl sites for hydroxylation is 1. The van der Waals surface area contributed by atoms with Gasteiger partial charge in [0, 0.05) is 12.1 Å². The molecule has 2 aromatic rings. The van der Waals surface area contributed by atoms with Gasteiger partial charge in [-0.15, -0.1) is 0 Å². The van der Waals surface area contributed by atoms with Gasteiger partial charge in [-0.2, -0.15) is 0 Å². The van der Waals surface area contributed by atoms with Crippen LogP contribution in [0, 0.1) is 12.7 Å². The minimum atomic E-state index is -3.75. The lowest BCUT2D eigenvalue weighted by atomic mass is 10.0. The first kappa shape index (κ1) is 16.0. The van der Waals surface area contributed by atoms with Crippen molar-refractivity contribution in [1.82, 2.24) is 0 Å². The van der Waals surface area contributed by atoms with Gasteiger partial charge < -0.3 is 5.11 Å². The zero-order chi connectivity index (χ0) is 16.6. The molecule has 4 nitrogen and oxygen atoms in total. The van der Waals surface area contributed by atoms with Crippen LogP contribution in [0.3, 0.4) is 0 Å². The molecule has 0 aliphatic carbocycles. The average Bonchev–Trinajstić information content (AvgIpc) is 2.67. The first-order valence-electron chi connectivity index (χ1n) is 7.46. The molecule has 2 aromatic carbocycles. The maximum Gasteiger partial charge on any atom is 0.264 e. The van der Waals surface area contributed by atoms with Gasteiger partial charge >= 0.3 is 0 Å². The molecular formula is C17H18FNO3S. The number of rotatable bonds is 2. The number of halogens is 1. The van der Waals surface area contributed by atoms with Crippen molar-refractivity contribution in [2.75, 3.05) is 10.8 Å². The zero-order valence-corrected chi connectivity index (χ0v) is 13.6. The number of hydrogen-bond acceptors (Lipinski definition) is 3. The molecule has 0 saturated heterocycles. The Morgan fingerprint density at radius 3 is 2.57 bits per heavy atom. The van der Waals surface area contributed by atoms with Crippen LogP contribution in [0.5, 0.6) is 0 Å². The highest BCUT2D eigenvalue weighted by Crippen LogP contribution is 2.36. The Labute approximate surface area is 135 Å². The SMILES string of the molecule is Cc1ccc(S(=O)(=O)N2CCCC(O)c3cc(F)ccc32)cc1. The van der Waals surface area contributed by atoms with Crippen molar-refractivity contribution in [2.24, 2.45) is 0 Å². The highest BCUT2D eigenvalue weighted by atomic mass is 32.2. The average molecular weight is 335 g/mol. The summed E-state index contributed by atoms with van der Waals surface area (Å²) in [5.74, 6) is -0.489. The normalized spacial score (nSPS) is 18.4. The summed E-state index contributed by atoms with van der Waals surface area (Å²) in [5, 5.41) is 10.2. The van der Waals surface area contributed by atoms with Crippen molar-refractivity contribution in [3.63, 3.8) is 0 Å². The summed E-state index contributed by atoms with van der Waals surface area (Å²) < 4.78 is 40.7. The Balaban J connectivity index is 2.12. The van der Waals surface area contributed by atoms with Crippen molar-refractivity contribution < 1.29 is 17.9 Å². The summed E-state index contributed by atoms with van der Waals surface area (Å²) in [7, 11) is -3.75. The standard InChI is InChI=1S/C17H18FNO3S/c1-12-4-7-14(8-5-12)23(21,22)19-10-2-3-17(20)15-11-13(18)6-9-16(15)19/h4-9,11,17,20H,2-3,10H2,1H3. The third-order valence-electron chi connectivity index (χ3n) is 4.07. The number of fused-ring (bicyclic) bond motifs is 1. The second-order valence-corrected chi connectivity index (χ2v) is 7.61. The molecule has 1 N–H and O–H groups in total. The van der Waals surface area contributed by atoms with Gasteiger partial charge in [-0.1, -0.05) is 17.7 Å². The molecule has 0 spiro atoms. The fourth-order valence-electron chi connectivity index (χ4n) is 2.81. The van der Waals surface area contributed by atoms with E-state index < -0.39 is 21.9 Å². The molecule has 0 amide bonds. The van der Waals surface area contributed by atoms with E-state index in [2.05, 4.69) is 0 Å². The van der Waals surface area contributed by atoms with Crippen molar-refractivity contribution in [3.05, 3.63) is 59.4 Å². The predicted molar refractivity (Wildman–Crippen MR) is 86.3 cm³/mol. The molecule has 1 aliphatic heterocycles. The molecule has 1 unspecified atom stereocenters. The van der Waals surface area contributed by atoms with Gasteiger partial charge in [0.25, 0.3) is 10.0 Å². The quantitative estimate of drug-likeness (QED) is 0.917. The van der Waals surface area contributed by atoms with E-state index in [1.54, 1.807) is 24.3 Å². The number of aliphatic hydroxyl groups is 1. The summed E-state index contributed by atoms with van der Waals surface area (Å²) in [6.45, 7) is 2.14. The number of sulfonamides is 1. The minimum Gasteiger partial charge on any atom is -0.388 e. The van der Waals surface area contributed by atoms with Crippen LogP contribution in [0.15, 0.2) is 47.4 Å². The Morgan fingerprint density at radius 1 is 1.17 bits per heavy atom. The van der Waals surface area contributed by atoms with Crippen molar-refractivity contribution >= 4 is 15.7 Å². The lowest BCUT2D eigenvalue weighted by Crippen LogP contribution is -2.31. The second-order valence-electron chi connectivity index (χ2n) is 5.75. The maximum atomic E-state index is 13.5. The van der Waals surface area contributed by atoms with Gasteiger partial charge in [-0.25, -0.2) is 12.8 Å². The lowest BCUT2D eigenvalue weighted by Gasteiger charge is -2.25. The molecule has 0 aromatic heterocycles. The van der Waals surface area contributed by atoms with E-state index in [0.29, 0.717) is 24.1 Å². The Morgan fingerprint density at radius 2 is 1.87 bits per heavy atom. The van der Waals surface area contributed by atoms with Crippen LogP contribution in [0.2, 0.25) is 0 Å². The fourth-order valence-corrected chi connectivity index (χ4v) is 4.34. The minimum absolute atomic E-state index is 0.190. The van der Waals surface area contributed by atoms with E-state index in [-0.39, 0.29) is 11.4 Å². The second kappa shape index (κ2) is 5.94. The van der Waals surface area contributed by atoms with Crippen LogP contribution in [0.1, 0.15) is 30.1 Å². The zero-order valence-electron chi connectivity index (χ0n) is 12.7. The van der Waals surface area contributed by atoms with E-state index in [9.17, 15) is 17.9 Å². The molecule has 0 saturated carbocycles. The summed E-state index contributed by atoms with van der Waals surface area (Å²) in [6, 6.07) is 10.5. The molecule has 1 aliphatic rings. The number of hydrogen-bond donors (Lipinski definition) is 1. The van der Waals surface area contributed by atoms with Crippen molar-refractivity contribution in [2.45, 2.75) is 30.8 Å². The first-order valence-corrected chi connectivity index (χ1v) is 8.90. The van der Waals surface area contributed by atoms with Gasteiger partial charge in [0.2, 0.25) is 0 Å². The van der Waals surface area contributed by atoms with Gasteiger partial charge in [0.1, 0.15) is 5.82 Å². The van der Waals surface area contributed by atoms with Crippen LogP contribution in [0.4, 0.5) is 10.1 Å². The topological polar surface area (TPSA) is 57.6 Å². The third kappa shape index (κ3) is 2.96. The van der Waals surface area contributed by atoms with Gasteiger partial charge in [-0.05, 0) is 50.1 Å². The van der Waals surface area contributed by atoms with Gasteiger partial charge in [0.15, 0.2) is 0 Å². The van der Waals surface area contributed by atoms with Crippen LogP contribution in [-0.4, -0.2) is 20.1 Å². The summed E-state index contributed by atoms with van der Waals surface area (Å²) in [6.07, 6.45) is 0.0396. The summed E-state index contributed by atoms with van der Waals surface area (Å²) >= 11 is 0. The summed E-state index contributed by atoms with van der Waals surface area (Å²) in [5.41, 5.74) is 1.63. The highest BCUT2D eigenvalue weighted by Gasteiger charge is 2.30. The predicted octanol–water partition coefficient (Wildman–Crippen LogP) is 3.16. The monoisotopic (exact) mass is 335 g/mol. The molecule has 0 fully saturated rings. The fraction of sp³-hybridized carbons (Fsp3) is 0.294. The van der Waals surface area contributed by atoms with Crippen LogP contribution in [-0.2, 0) is 10.0 Å². The Kier molecular flexibility index (Phi) is 4.12. The highest BCUT2D eigenvalue weighted by molar-refractivity contribution is 7.92. The molecule has 1 atom stereocenters. The Hall–Kier alpha value is -1.92. The number of anilines is 1. The molecule has 1 heterocycles. The molecular weight excluding hydrogens is 317 g/mol. The number of aliphatic hydroxyl groups excluding tert-OH is 1. The van der Waals surface area contributed by atoms with Crippen LogP contribution >= 0.6 is 0 Å². The van der Waals surface area contributed by atoms with Crippen molar-refractivity contribution in [3.8, 4) is 0 Å². The maximum absolute atomic E-state index is 13.5. The van der Waals surface area contributed by atoms with Crippen LogP contribution in [0.25, 0.3) is 0 Å². The Bertz CT molecular complexity index is 818. The van der Waals surface area contributed by atoms with Crippen molar-refractivity contribution in [1.29, 1.82) is 0 Å². The molecule has 3 rings (SSSR count). The van der Waals surface area contributed by atoms with E-state index >= 15 is 0 Å². The van der Waals surface area contributed by atoms with E-state index in [4.69, 9.17) is 0 Å². The van der Waals surface area contributed by atoms with Gasteiger partial charge in [-0.3, -0.25) is 4.31 Å². The first-order chi connectivity index (χ1) is 10.9. The third-order valence-corrected chi connectivity index (χ3v) is 5.89. The lowest BCUT2D eigenvalue weighted by molar-refractivity contribution is 0.168. The number of nitrogens with zero attached hydrogens (tertiary/aromatic N) is 1. The van der Waals surface area contributed by atoms with Gasteiger partial charge in [0.05, 0.1) is 16.7 Å². The van der Waals surface area contributed by atoms with E-state index in [0.717, 1.165) is 5.56 Å². The molecule has 0 bridgehead atoms. The molecule has 0 radical (unpaired) electrons. The summed E-state index contributed by atoms with van der Waals surface area (Å²) in [4.78, 5) is 0.190. The van der Waals surface area contributed by atoms with E-state index in [1.165, 1.54) is 22.5 Å². The van der Waals surface area contributed by atoms with E-state index in [1.807, 2.05) is 6.92 Å². The largest absolute Gasteiger partial charge is 0.388 e. The smallest absolute Gasteiger partial charge is 0.264 e. The molecule has 6 heteroatoms. The molecule has 122 valence electrons.